The normalized spacial score (nSPS) is 13.4. The number of hydrogen-bond acceptors (Lipinski definition) is 7. The average molecular weight is 391 g/mol. The van der Waals surface area contributed by atoms with Crippen LogP contribution in [-0.4, -0.2) is 48.9 Å². The van der Waals surface area contributed by atoms with Gasteiger partial charge in [-0.15, -0.1) is 0 Å². The number of alkyl carbamates (subject to hydrolysis) is 1. The minimum Gasteiger partial charge on any atom is -0.467 e. The lowest BCUT2D eigenvalue weighted by molar-refractivity contribution is -0.145. The van der Waals surface area contributed by atoms with E-state index < -0.39 is 36.0 Å². The van der Waals surface area contributed by atoms with E-state index in [0.29, 0.717) is 0 Å². The lowest BCUT2D eigenvalue weighted by Gasteiger charge is -2.18. The second-order valence-corrected chi connectivity index (χ2v) is 6.21. The molecule has 0 radical (unpaired) electrons. The average Bonchev–Trinajstić information content (AvgIpc) is 2.70. The first-order valence-electron chi connectivity index (χ1n) is 8.75. The fraction of sp³-hybridized carbons (Fsp3) is 0.474. The number of nitrogens with one attached hydrogen (secondary N) is 2. The van der Waals surface area contributed by atoms with Gasteiger partial charge in [-0.05, 0) is 18.9 Å². The molecule has 1 rings (SSSR count). The minimum absolute atomic E-state index is 0.0845. The summed E-state index contributed by atoms with van der Waals surface area (Å²) in [6, 6.07) is 10.1. The van der Waals surface area contributed by atoms with Crippen LogP contribution >= 0.6 is 0 Å². The van der Waals surface area contributed by atoms with Crippen LogP contribution in [0.25, 0.3) is 0 Å². The standard InChI is InChI=1S/C19H25N3O6/c1-13(10-20)8-16(18(25)27-2)22-17(24)9-15(23)11-21-19(26)28-12-14-6-4-3-5-7-14/h3-7,13,15-16,23H,8-9,11-12H2,1-2H3,(H,21,26)(H,22,24)/t13-,15-,16+/m0/s1. The van der Waals surface area contributed by atoms with Crippen LogP contribution in [0.1, 0.15) is 25.3 Å². The Morgan fingerprint density at radius 1 is 1.25 bits per heavy atom. The number of amides is 2. The maximum atomic E-state index is 12.0. The van der Waals surface area contributed by atoms with Crippen LogP contribution in [0.5, 0.6) is 0 Å². The van der Waals surface area contributed by atoms with Gasteiger partial charge in [-0.2, -0.15) is 5.26 Å². The van der Waals surface area contributed by atoms with Crippen LogP contribution in [0, 0.1) is 17.2 Å². The van der Waals surface area contributed by atoms with E-state index in [0.717, 1.165) is 5.56 Å². The predicted octanol–water partition coefficient (Wildman–Crippen LogP) is 0.871. The number of aliphatic hydroxyl groups excluding tert-OH is 1. The van der Waals surface area contributed by atoms with Crippen molar-refractivity contribution in [2.75, 3.05) is 13.7 Å². The van der Waals surface area contributed by atoms with Crippen LogP contribution < -0.4 is 10.6 Å². The molecule has 9 heteroatoms. The largest absolute Gasteiger partial charge is 0.467 e. The van der Waals surface area contributed by atoms with Crippen molar-refractivity contribution in [3.63, 3.8) is 0 Å². The maximum absolute atomic E-state index is 12.0. The van der Waals surface area contributed by atoms with Gasteiger partial charge in [0, 0.05) is 12.5 Å². The van der Waals surface area contributed by atoms with E-state index in [1.807, 2.05) is 24.3 Å². The first-order valence-corrected chi connectivity index (χ1v) is 8.75. The lowest BCUT2D eigenvalue weighted by Crippen LogP contribution is -2.44. The van der Waals surface area contributed by atoms with E-state index in [4.69, 9.17) is 10.00 Å². The summed E-state index contributed by atoms with van der Waals surface area (Å²) in [5, 5.41) is 23.5. The molecule has 0 saturated carbocycles. The van der Waals surface area contributed by atoms with E-state index in [9.17, 15) is 19.5 Å². The Morgan fingerprint density at radius 2 is 1.93 bits per heavy atom. The third-order valence-electron chi connectivity index (χ3n) is 3.75. The highest BCUT2D eigenvalue weighted by molar-refractivity contribution is 5.84. The number of nitrogens with zero attached hydrogens (tertiary/aromatic N) is 1. The van der Waals surface area contributed by atoms with Crippen LogP contribution in [-0.2, 0) is 25.7 Å². The number of esters is 1. The molecule has 2 amide bonds. The van der Waals surface area contributed by atoms with Crippen molar-refractivity contribution in [2.45, 2.75) is 38.5 Å². The summed E-state index contributed by atoms with van der Waals surface area (Å²) in [6.07, 6.45) is -2.14. The molecule has 0 spiro atoms. The molecular formula is C19H25N3O6. The highest BCUT2D eigenvalue weighted by Gasteiger charge is 2.24. The fourth-order valence-electron chi connectivity index (χ4n) is 2.28. The van der Waals surface area contributed by atoms with Gasteiger partial charge in [0.1, 0.15) is 12.6 Å². The first kappa shape index (κ1) is 22.9. The van der Waals surface area contributed by atoms with Crippen LogP contribution in [0.15, 0.2) is 30.3 Å². The number of rotatable bonds is 10. The van der Waals surface area contributed by atoms with Crippen molar-refractivity contribution in [3.8, 4) is 6.07 Å². The van der Waals surface area contributed by atoms with Gasteiger partial charge in [0.05, 0.1) is 25.7 Å². The number of hydrogen-bond donors (Lipinski definition) is 3. The fourth-order valence-corrected chi connectivity index (χ4v) is 2.28. The van der Waals surface area contributed by atoms with E-state index in [1.165, 1.54) is 7.11 Å². The molecule has 28 heavy (non-hydrogen) atoms. The van der Waals surface area contributed by atoms with Crippen LogP contribution in [0.2, 0.25) is 0 Å². The summed E-state index contributed by atoms with van der Waals surface area (Å²) >= 11 is 0. The molecule has 0 unspecified atom stereocenters. The summed E-state index contributed by atoms with van der Waals surface area (Å²) in [6.45, 7) is 1.50. The molecule has 0 saturated heterocycles. The van der Waals surface area contributed by atoms with E-state index in [2.05, 4.69) is 15.4 Å². The number of aliphatic hydroxyl groups is 1. The topological polar surface area (TPSA) is 138 Å². The zero-order valence-electron chi connectivity index (χ0n) is 15.9. The molecule has 3 atom stereocenters. The quantitative estimate of drug-likeness (QED) is 0.503. The van der Waals surface area contributed by atoms with Crippen molar-refractivity contribution < 1.29 is 29.0 Å². The summed E-state index contributed by atoms with van der Waals surface area (Å²) in [5.41, 5.74) is 0.818. The minimum atomic E-state index is -1.17. The van der Waals surface area contributed by atoms with Gasteiger partial charge in [0.2, 0.25) is 5.91 Å². The summed E-state index contributed by atoms with van der Waals surface area (Å²) in [7, 11) is 1.18. The molecule has 0 bridgehead atoms. The van der Waals surface area contributed by atoms with Crippen molar-refractivity contribution in [1.29, 1.82) is 5.26 Å². The lowest BCUT2D eigenvalue weighted by atomic mass is 10.0. The van der Waals surface area contributed by atoms with Gasteiger partial charge in [-0.25, -0.2) is 9.59 Å². The molecule has 1 aromatic rings. The van der Waals surface area contributed by atoms with E-state index >= 15 is 0 Å². The molecule has 0 heterocycles. The Hall–Kier alpha value is -3.12. The van der Waals surface area contributed by atoms with Gasteiger partial charge in [0.15, 0.2) is 0 Å². The molecule has 0 fully saturated rings. The third-order valence-corrected chi connectivity index (χ3v) is 3.75. The number of methoxy groups -OCH3 is 1. The third kappa shape index (κ3) is 9.00. The number of ether oxygens (including phenoxy) is 2. The van der Waals surface area contributed by atoms with Gasteiger partial charge in [-0.1, -0.05) is 30.3 Å². The summed E-state index contributed by atoms with van der Waals surface area (Å²) < 4.78 is 9.60. The van der Waals surface area contributed by atoms with Crippen LogP contribution in [0.4, 0.5) is 4.79 Å². The molecule has 152 valence electrons. The molecule has 3 N–H and O–H groups in total. The number of nitriles is 1. The van der Waals surface area contributed by atoms with Gasteiger partial charge in [-0.3, -0.25) is 4.79 Å². The Bertz CT molecular complexity index is 689. The Labute approximate surface area is 163 Å². The van der Waals surface area contributed by atoms with E-state index in [-0.39, 0.29) is 26.0 Å². The Kier molecular flexibility index (Phi) is 10.1. The molecule has 9 nitrogen and oxygen atoms in total. The monoisotopic (exact) mass is 391 g/mol. The number of benzene rings is 1. The molecule has 0 aliphatic heterocycles. The van der Waals surface area contributed by atoms with E-state index in [1.54, 1.807) is 19.1 Å². The van der Waals surface area contributed by atoms with Crippen molar-refractivity contribution in [1.82, 2.24) is 10.6 Å². The SMILES string of the molecule is COC(=O)[C@@H](C[C@H](C)C#N)NC(=O)C[C@H](O)CNC(=O)OCc1ccccc1. The number of carbonyl (C=O) groups excluding carboxylic acids is 3. The molecule has 0 aliphatic carbocycles. The first-order chi connectivity index (χ1) is 13.3. The van der Waals surface area contributed by atoms with Gasteiger partial charge < -0.3 is 25.2 Å². The maximum Gasteiger partial charge on any atom is 0.407 e. The Morgan fingerprint density at radius 3 is 2.54 bits per heavy atom. The van der Waals surface area contributed by atoms with Crippen LogP contribution in [0.3, 0.4) is 0 Å². The zero-order chi connectivity index (χ0) is 20.9. The highest BCUT2D eigenvalue weighted by Crippen LogP contribution is 2.07. The summed E-state index contributed by atoms with van der Waals surface area (Å²) in [5.74, 6) is -1.74. The molecule has 0 aromatic heterocycles. The summed E-state index contributed by atoms with van der Waals surface area (Å²) in [4.78, 5) is 35.3. The molecule has 0 aliphatic rings. The second-order valence-electron chi connectivity index (χ2n) is 6.21. The van der Waals surface area contributed by atoms with Gasteiger partial charge >= 0.3 is 12.1 Å². The van der Waals surface area contributed by atoms with Crippen molar-refractivity contribution in [2.24, 2.45) is 5.92 Å². The predicted molar refractivity (Wildman–Crippen MR) is 98.6 cm³/mol. The van der Waals surface area contributed by atoms with Crippen molar-refractivity contribution in [3.05, 3.63) is 35.9 Å². The molecule has 1 aromatic carbocycles. The van der Waals surface area contributed by atoms with Gasteiger partial charge in [0.25, 0.3) is 0 Å². The molecular weight excluding hydrogens is 366 g/mol. The Balaban J connectivity index is 2.36. The zero-order valence-corrected chi connectivity index (χ0v) is 15.9. The number of carbonyl (C=O) groups is 3. The van der Waals surface area contributed by atoms with Crippen molar-refractivity contribution >= 4 is 18.0 Å². The highest BCUT2D eigenvalue weighted by atomic mass is 16.5. The second kappa shape index (κ2) is 12.3. The smallest absolute Gasteiger partial charge is 0.407 e.